The lowest BCUT2D eigenvalue weighted by Crippen LogP contribution is -2.48. The molecule has 19 heavy (non-hydrogen) atoms. The van der Waals surface area contributed by atoms with Crippen LogP contribution in [0.15, 0.2) is 22.7 Å². The molecule has 0 aliphatic carbocycles. The minimum atomic E-state index is -0.137. The summed E-state index contributed by atoms with van der Waals surface area (Å²) in [5.74, 6) is 0.397. The van der Waals surface area contributed by atoms with E-state index in [1.807, 2.05) is 6.07 Å². The van der Waals surface area contributed by atoms with Gasteiger partial charge in [-0.2, -0.15) is 0 Å². The van der Waals surface area contributed by atoms with Crippen molar-refractivity contribution < 1.29 is 4.39 Å². The highest BCUT2D eigenvalue weighted by molar-refractivity contribution is 9.10. The topological polar surface area (TPSA) is 15.3 Å². The van der Waals surface area contributed by atoms with Gasteiger partial charge in [-0.1, -0.05) is 19.9 Å². The zero-order valence-corrected chi connectivity index (χ0v) is 13.2. The number of piperidine rings is 1. The molecule has 1 aromatic carbocycles. The van der Waals surface area contributed by atoms with Crippen LogP contribution < -0.4 is 10.2 Å². The molecule has 1 N–H and O–H groups in total. The molecule has 1 aromatic rings. The number of halogens is 2. The van der Waals surface area contributed by atoms with Crippen LogP contribution in [0.25, 0.3) is 0 Å². The summed E-state index contributed by atoms with van der Waals surface area (Å²) in [7, 11) is 0. The van der Waals surface area contributed by atoms with Crippen molar-refractivity contribution in [2.24, 2.45) is 5.92 Å². The van der Waals surface area contributed by atoms with E-state index in [9.17, 15) is 4.39 Å². The first-order chi connectivity index (χ1) is 9.13. The van der Waals surface area contributed by atoms with E-state index >= 15 is 0 Å². The molecule has 0 bridgehead atoms. The number of para-hydroxylation sites is 1. The molecule has 0 amide bonds. The van der Waals surface area contributed by atoms with Crippen molar-refractivity contribution in [1.29, 1.82) is 0 Å². The van der Waals surface area contributed by atoms with E-state index in [2.05, 4.69) is 40.0 Å². The Morgan fingerprint density at radius 3 is 2.89 bits per heavy atom. The number of anilines is 1. The maximum absolute atomic E-state index is 14.0. The molecule has 1 fully saturated rings. The van der Waals surface area contributed by atoms with Crippen LogP contribution in [-0.2, 0) is 0 Å². The number of hydrogen-bond acceptors (Lipinski definition) is 2. The van der Waals surface area contributed by atoms with Crippen molar-refractivity contribution in [3.63, 3.8) is 0 Å². The van der Waals surface area contributed by atoms with Crippen LogP contribution in [0.3, 0.4) is 0 Å². The summed E-state index contributed by atoms with van der Waals surface area (Å²) in [6, 6.07) is 5.74. The molecule has 1 aliphatic heterocycles. The molecule has 106 valence electrons. The summed E-state index contributed by atoms with van der Waals surface area (Å²) in [6.45, 7) is 7.31. The summed E-state index contributed by atoms with van der Waals surface area (Å²) < 4.78 is 14.8. The molecular formula is C15H22BrFN2. The Morgan fingerprint density at radius 2 is 2.26 bits per heavy atom. The van der Waals surface area contributed by atoms with Crippen molar-refractivity contribution in [3.8, 4) is 0 Å². The van der Waals surface area contributed by atoms with Gasteiger partial charge in [0.15, 0.2) is 0 Å². The number of hydrogen-bond donors (Lipinski definition) is 1. The smallest absolute Gasteiger partial charge is 0.147 e. The van der Waals surface area contributed by atoms with Gasteiger partial charge < -0.3 is 10.2 Å². The van der Waals surface area contributed by atoms with Gasteiger partial charge in [0.1, 0.15) is 5.82 Å². The lowest BCUT2D eigenvalue weighted by Gasteiger charge is -2.39. The Labute approximate surface area is 123 Å². The van der Waals surface area contributed by atoms with Crippen LogP contribution in [0.2, 0.25) is 0 Å². The second kappa shape index (κ2) is 6.71. The summed E-state index contributed by atoms with van der Waals surface area (Å²) in [5, 5.41) is 3.59. The van der Waals surface area contributed by atoms with Gasteiger partial charge in [0.05, 0.1) is 5.69 Å². The first-order valence-electron chi connectivity index (χ1n) is 7.05. The number of nitrogens with one attached hydrogen (secondary N) is 1. The van der Waals surface area contributed by atoms with Crippen molar-refractivity contribution >= 4 is 21.6 Å². The van der Waals surface area contributed by atoms with Crippen molar-refractivity contribution in [1.82, 2.24) is 5.32 Å². The quantitative estimate of drug-likeness (QED) is 0.904. The number of benzene rings is 1. The standard InChI is InChI=1S/C15H22BrFN2/c1-3-8-18-14-7-9-19(10-11(14)2)15-12(16)5-4-6-13(15)17/h4-6,11,14,18H,3,7-10H2,1-2H3. The van der Waals surface area contributed by atoms with Gasteiger partial charge in [0.25, 0.3) is 0 Å². The van der Waals surface area contributed by atoms with Gasteiger partial charge in [0, 0.05) is 23.6 Å². The third-order valence-electron chi connectivity index (χ3n) is 3.82. The third kappa shape index (κ3) is 3.48. The lowest BCUT2D eigenvalue weighted by molar-refractivity contribution is 0.321. The zero-order valence-electron chi connectivity index (χ0n) is 11.6. The predicted octanol–water partition coefficient (Wildman–Crippen LogP) is 3.80. The minimum absolute atomic E-state index is 0.137. The minimum Gasteiger partial charge on any atom is -0.368 e. The molecule has 2 atom stereocenters. The molecule has 2 rings (SSSR count). The van der Waals surface area contributed by atoms with Gasteiger partial charge in [-0.3, -0.25) is 0 Å². The summed E-state index contributed by atoms with van der Waals surface area (Å²) >= 11 is 3.46. The van der Waals surface area contributed by atoms with Crippen LogP contribution in [0.4, 0.5) is 10.1 Å². The molecule has 1 saturated heterocycles. The molecule has 0 radical (unpaired) electrons. The van der Waals surface area contributed by atoms with E-state index in [0.717, 1.165) is 36.9 Å². The van der Waals surface area contributed by atoms with Gasteiger partial charge in [-0.25, -0.2) is 4.39 Å². The van der Waals surface area contributed by atoms with Crippen molar-refractivity contribution in [2.45, 2.75) is 32.7 Å². The van der Waals surface area contributed by atoms with Crippen LogP contribution in [0, 0.1) is 11.7 Å². The molecule has 4 heteroatoms. The normalized spacial score (nSPS) is 23.7. The second-order valence-electron chi connectivity index (χ2n) is 5.34. The van der Waals surface area contributed by atoms with Crippen LogP contribution in [0.1, 0.15) is 26.7 Å². The van der Waals surface area contributed by atoms with E-state index in [0.29, 0.717) is 17.6 Å². The predicted molar refractivity (Wildman–Crippen MR) is 82.2 cm³/mol. The summed E-state index contributed by atoms with van der Waals surface area (Å²) in [4.78, 5) is 2.16. The van der Waals surface area contributed by atoms with E-state index in [1.165, 1.54) is 6.07 Å². The second-order valence-corrected chi connectivity index (χ2v) is 6.20. The highest BCUT2D eigenvalue weighted by Crippen LogP contribution is 2.32. The SMILES string of the molecule is CCCNC1CCN(c2c(F)cccc2Br)CC1C. The monoisotopic (exact) mass is 328 g/mol. The Kier molecular flexibility index (Phi) is 5.22. The van der Waals surface area contributed by atoms with Gasteiger partial charge in [-0.15, -0.1) is 0 Å². The molecule has 1 heterocycles. The summed E-state index contributed by atoms with van der Waals surface area (Å²) in [6.07, 6.45) is 2.23. The molecule has 1 aliphatic rings. The lowest BCUT2D eigenvalue weighted by atomic mass is 9.93. The fraction of sp³-hybridized carbons (Fsp3) is 0.600. The van der Waals surface area contributed by atoms with E-state index < -0.39 is 0 Å². The highest BCUT2D eigenvalue weighted by Gasteiger charge is 2.27. The number of nitrogens with zero attached hydrogens (tertiary/aromatic N) is 1. The molecular weight excluding hydrogens is 307 g/mol. The van der Waals surface area contributed by atoms with Gasteiger partial charge >= 0.3 is 0 Å². The fourth-order valence-corrected chi connectivity index (χ4v) is 3.37. The average Bonchev–Trinajstić information content (AvgIpc) is 2.37. The van der Waals surface area contributed by atoms with Crippen LogP contribution in [-0.4, -0.2) is 25.7 Å². The third-order valence-corrected chi connectivity index (χ3v) is 4.46. The molecule has 2 unspecified atom stereocenters. The van der Waals surface area contributed by atoms with Crippen LogP contribution in [0.5, 0.6) is 0 Å². The largest absolute Gasteiger partial charge is 0.368 e. The Morgan fingerprint density at radius 1 is 1.47 bits per heavy atom. The Balaban J connectivity index is 2.05. The van der Waals surface area contributed by atoms with E-state index in [4.69, 9.17) is 0 Å². The molecule has 0 spiro atoms. The highest BCUT2D eigenvalue weighted by atomic mass is 79.9. The zero-order chi connectivity index (χ0) is 13.8. The Bertz CT molecular complexity index is 404. The van der Waals surface area contributed by atoms with Crippen LogP contribution >= 0.6 is 15.9 Å². The molecule has 2 nitrogen and oxygen atoms in total. The van der Waals surface area contributed by atoms with Gasteiger partial charge in [0.2, 0.25) is 0 Å². The maximum atomic E-state index is 14.0. The van der Waals surface area contributed by atoms with Crippen molar-refractivity contribution in [2.75, 3.05) is 24.5 Å². The maximum Gasteiger partial charge on any atom is 0.147 e. The van der Waals surface area contributed by atoms with E-state index in [-0.39, 0.29) is 5.82 Å². The first-order valence-corrected chi connectivity index (χ1v) is 7.85. The summed E-state index contributed by atoms with van der Waals surface area (Å²) in [5.41, 5.74) is 0.711. The number of rotatable bonds is 4. The molecule has 0 saturated carbocycles. The fourth-order valence-electron chi connectivity index (χ4n) is 2.77. The average molecular weight is 329 g/mol. The first kappa shape index (κ1) is 14.8. The molecule has 0 aromatic heterocycles. The van der Waals surface area contributed by atoms with E-state index in [1.54, 1.807) is 6.07 Å². The van der Waals surface area contributed by atoms with Gasteiger partial charge in [-0.05, 0) is 53.4 Å². The van der Waals surface area contributed by atoms with Crippen molar-refractivity contribution in [3.05, 3.63) is 28.5 Å². The Hall–Kier alpha value is -0.610.